The molecule has 0 unspecified atom stereocenters. The first-order valence-electron chi connectivity index (χ1n) is 15.8. The largest absolute Gasteiger partial charge is 0.496 e. The van der Waals surface area contributed by atoms with Gasteiger partial charge >= 0.3 is 0 Å². The number of amides is 2. The molecule has 7 rings (SSSR count). The Morgan fingerprint density at radius 1 is 1.02 bits per heavy atom. The van der Waals surface area contributed by atoms with Crippen LogP contribution in [0.4, 0.5) is 8.78 Å². The second-order valence-corrected chi connectivity index (χ2v) is 11.9. The number of rotatable bonds is 8. The first-order valence-corrected chi connectivity index (χ1v) is 15.8. The summed E-state index contributed by atoms with van der Waals surface area (Å²) >= 11 is 0. The zero-order valence-electron chi connectivity index (χ0n) is 26.0. The molecule has 1 fully saturated rings. The van der Waals surface area contributed by atoms with Crippen LogP contribution >= 0.6 is 0 Å². The number of benzene rings is 3. The lowest BCUT2D eigenvalue weighted by Gasteiger charge is -2.28. The molecule has 0 aliphatic carbocycles. The van der Waals surface area contributed by atoms with E-state index >= 15 is 4.39 Å². The van der Waals surface area contributed by atoms with Crippen LogP contribution in [0.2, 0.25) is 0 Å². The van der Waals surface area contributed by atoms with Crippen molar-refractivity contribution in [3.8, 4) is 16.9 Å². The Morgan fingerprint density at radius 2 is 1.89 bits per heavy atom. The highest BCUT2D eigenvalue weighted by atomic mass is 19.1. The Balaban J connectivity index is 1.26. The van der Waals surface area contributed by atoms with Gasteiger partial charge < -0.3 is 19.5 Å². The van der Waals surface area contributed by atoms with Crippen LogP contribution in [0.25, 0.3) is 27.6 Å². The van der Waals surface area contributed by atoms with E-state index in [4.69, 9.17) is 4.74 Å². The van der Waals surface area contributed by atoms with E-state index in [9.17, 15) is 14.0 Å². The highest BCUT2D eigenvalue weighted by molar-refractivity contribution is 6.05. The van der Waals surface area contributed by atoms with Gasteiger partial charge in [-0.05, 0) is 66.3 Å². The van der Waals surface area contributed by atoms with Gasteiger partial charge in [0.15, 0.2) is 5.82 Å². The summed E-state index contributed by atoms with van der Waals surface area (Å²) in [4.78, 5) is 33.7. The SMILES string of the molecule is COc1ccccc1-c1cc(C2=CCCN(C(=O)CCn3ccnn3)C2)c(F)c2[nH]c(C(=O)N3CCC[C@@H]3c3cccc(F)c3)cc12. The number of carbonyl (C=O) groups is 2. The number of halogens is 2. The van der Waals surface area contributed by atoms with E-state index in [1.807, 2.05) is 36.4 Å². The number of ether oxygens (including phenoxy) is 1. The number of aromatic amines is 1. The van der Waals surface area contributed by atoms with Crippen LogP contribution in [0.5, 0.6) is 5.75 Å². The summed E-state index contributed by atoms with van der Waals surface area (Å²) in [6, 6.07) is 17.0. The van der Waals surface area contributed by atoms with E-state index in [1.54, 1.807) is 52.2 Å². The van der Waals surface area contributed by atoms with Crippen molar-refractivity contribution < 1.29 is 23.1 Å². The number of fused-ring (bicyclic) bond motifs is 1. The summed E-state index contributed by atoms with van der Waals surface area (Å²) in [5, 5.41) is 8.26. The Bertz CT molecular complexity index is 1990. The minimum Gasteiger partial charge on any atom is -0.496 e. The van der Waals surface area contributed by atoms with Gasteiger partial charge in [-0.1, -0.05) is 41.6 Å². The fourth-order valence-corrected chi connectivity index (χ4v) is 6.80. The maximum atomic E-state index is 16.6. The summed E-state index contributed by atoms with van der Waals surface area (Å²) in [5.74, 6) is -0.571. The number of nitrogens with zero attached hydrogens (tertiary/aromatic N) is 5. The number of para-hydroxylation sites is 1. The number of H-pyrrole nitrogens is 1. The molecule has 9 nitrogen and oxygen atoms in total. The van der Waals surface area contributed by atoms with Crippen LogP contribution in [-0.4, -0.2) is 68.3 Å². The molecule has 0 spiro atoms. The number of hydrogen-bond acceptors (Lipinski definition) is 5. The molecule has 0 saturated carbocycles. The summed E-state index contributed by atoms with van der Waals surface area (Å²) in [5.41, 5.74) is 3.67. The van der Waals surface area contributed by atoms with Crippen molar-refractivity contribution in [3.05, 3.63) is 108 Å². The summed E-state index contributed by atoms with van der Waals surface area (Å²) < 4.78 is 38.0. The molecular weight excluding hydrogens is 602 g/mol. The van der Waals surface area contributed by atoms with Gasteiger partial charge in [0.05, 0.1) is 31.4 Å². The molecule has 2 aliphatic rings. The van der Waals surface area contributed by atoms with E-state index < -0.39 is 5.82 Å². The zero-order valence-corrected chi connectivity index (χ0v) is 26.0. The van der Waals surface area contributed by atoms with Crippen molar-refractivity contribution in [2.24, 2.45) is 0 Å². The third-order valence-electron chi connectivity index (χ3n) is 9.10. The topological polar surface area (TPSA) is 96.3 Å². The molecule has 3 aromatic carbocycles. The van der Waals surface area contributed by atoms with E-state index in [1.165, 1.54) is 12.1 Å². The van der Waals surface area contributed by atoms with Crippen LogP contribution < -0.4 is 4.74 Å². The summed E-state index contributed by atoms with van der Waals surface area (Å²) in [6.07, 6.45) is 7.57. The van der Waals surface area contributed by atoms with Crippen molar-refractivity contribution in [1.82, 2.24) is 29.8 Å². The predicted molar refractivity (Wildman–Crippen MR) is 173 cm³/mol. The lowest BCUT2D eigenvalue weighted by Crippen LogP contribution is -2.36. The van der Waals surface area contributed by atoms with Gasteiger partial charge in [0.25, 0.3) is 5.91 Å². The average molecular weight is 637 g/mol. The van der Waals surface area contributed by atoms with Crippen LogP contribution in [0.15, 0.2) is 79.1 Å². The van der Waals surface area contributed by atoms with Crippen LogP contribution in [-0.2, 0) is 11.3 Å². The third-order valence-corrected chi connectivity index (χ3v) is 9.10. The second kappa shape index (κ2) is 12.8. The highest BCUT2D eigenvalue weighted by Gasteiger charge is 2.33. The van der Waals surface area contributed by atoms with Crippen molar-refractivity contribution in [2.45, 2.75) is 38.3 Å². The van der Waals surface area contributed by atoms with Gasteiger partial charge in [-0.25, -0.2) is 8.78 Å². The number of likely N-dealkylation sites (tertiary alicyclic amines) is 1. The maximum absolute atomic E-state index is 16.6. The molecule has 47 heavy (non-hydrogen) atoms. The molecule has 240 valence electrons. The molecule has 5 aromatic rings. The third kappa shape index (κ3) is 5.89. The van der Waals surface area contributed by atoms with Gasteiger partial charge in [0.1, 0.15) is 17.3 Å². The van der Waals surface area contributed by atoms with Crippen LogP contribution in [0.3, 0.4) is 0 Å². The first-order chi connectivity index (χ1) is 22.9. The minimum atomic E-state index is -0.496. The van der Waals surface area contributed by atoms with Crippen molar-refractivity contribution in [3.63, 3.8) is 0 Å². The Morgan fingerprint density at radius 3 is 2.70 bits per heavy atom. The van der Waals surface area contributed by atoms with Crippen LogP contribution in [0.1, 0.15) is 53.3 Å². The average Bonchev–Trinajstić information content (AvgIpc) is 3.89. The molecule has 1 N–H and O–H groups in total. The smallest absolute Gasteiger partial charge is 0.270 e. The molecule has 0 radical (unpaired) electrons. The normalized spacial score (nSPS) is 16.5. The number of hydrogen-bond donors (Lipinski definition) is 1. The molecule has 11 heteroatoms. The Kier molecular flexibility index (Phi) is 8.28. The molecule has 1 saturated heterocycles. The summed E-state index contributed by atoms with van der Waals surface area (Å²) in [6.45, 7) is 1.70. The van der Waals surface area contributed by atoms with Crippen LogP contribution in [0, 0.1) is 11.6 Å². The van der Waals surface area contributed by atoms with Crippen molar-refractivity contribution >= 4 is 28.3 Å². The molecular formula is C36H34F2N6O3. The zero-order chi connectivity index (χ0) is 32.5. The van der Waals surface area contributed by atoms with E-state index in [2.05, 4.69) is 15.3 Å². The number of carbonyl (C=O) groups excluding carboxylic acids is 2. The predicted octanol–water partition coefficient (Wildman–Crippen LogP) is 6.40. The molecule has 1 atom stereocenters. The minimum absolute atomic E-state index is 0.0521. The standard InChI is InChI=1S/C36H34F2N6O3/c1-47-32-12-3-2-10-26(32)28-20-27(24-8-5-15-42(22-24)33(45)13-17-43-18-14-39-41-43)34(38)35-29(28)21-30(40-35)36(46)44-16-6-11-31(44)23-7-4-9-25(37)19-23/h2-4,7-10,12,14,18-21,31,40H,5-6,11,13,15-17,22H2,1H3/t31-/m1/s1. The van der Waals surface area contributed by atoms with Gasteiger partial charge in [-0.3, -0.25) is 14.3 Å². The Labute approximate surface area is 270 Å². The molecule has 4 heterocycles. The van der Waals surface area contributed by atoms with Gasteiger partial charge in [-0.2, -0.15) is 0 Å². The van der Waals surface area contributed by atoms with Gasteiger partial charge in [0.2, 0.25) is 5.91 Å². The molecule has 0 bridgehead atoms. The second-order valence-electron chi connectivity index (χ2n) is 11.9. The summed E-state index contributed by atoms with van der Waals surface area (Å²) in [7, 11) is 1.58. The van der Waals surface area contributed by atoms with Crippen molar-refractivity contribution in [1.29, 1.82) is 0 Å². The van der Waals surface area contributed by atoms with Crippen molar-refractivity contribution in [2.75, 3.05) is 26.7 Å². The fourth-order valence-electron chi connectivity index (χ4n) is 6.80. The van der Waals surface area contributed by atoms with E-state index in [0.717, 1.165) is 17.5 Å². The monoisotopic (exact) mass is 636 g/mol. The lowest BCUT2D eigenvalue weighted by molar-refractivity contribution is -0.131. The van der Waals surface area contributed by atoms with Gasteiger partial charge in [0, 0.05) is 48.8 Å². The highest BCUT2D eigenvalue weighted by Crippen LogP contribution is 2.41. The number of methoxy groups -OCH3 is 1. The van der Waals surface area contributed by atoms with E-state index in [0.29, 0.717) is 60.3 Å². The quantitative estimate of drug-likeness (QED) is 0.213. The maximum Gasteiger partial charge on any atom is 0.270 e. The molecule has 2 aliphatic heterocycles. The first kappa shape index (κ1) is 30.3. The Hall–Kier alpha value is -5.32. The molecule has 2 aromatic heterocycles. The molecule has 2 amide bonds. The van der Waals surface area contributed by atoms with Gasteiger partial charge in [-0.15, -0.1) is 5.10 Å². The number of aryl methyl sites for hydroxylation is 1. The number of aromatic nitrogens is 4. The van der Waals surface area contributed by atoms with E-state index in [-0.39, 0.29) is 47.8 Å². The number of nitrogens with one attached hydrogen (secondary N) is 1. The fraction of sp³-hybridized carbons (Fsp3) is 0.278. The lowest BCUT2D eigenvalue weighted by atomic mass is 9.93.